The number of alkyl carbamates (subject to hydrolysis) is 1. The van der Waals surface area contributed by atoms with Gasteiger partial charge in [0.05, 0.1) is 12.6 Å². The van der Waals surface area contributed by atoms with E-state index in [-0.39, 0.29) is 12.6 Å². The zero-order valence-corrected chi connectivity index (χ0v) is 17.9. The van der Waals surface area contributed by atoms with E-state index in [0.29, 0.717) is 0 Å². The molecular weight excluding hydrogens is 326 g/mol. The maximum Gasteiger partial charge on any atom is 0.407 e. The molecule has 0 heterocycles. The lowest BCUT2D eigenvalue weighted by atomic mass is 10.0. The third-order valence-corrected chi connectivity index (χ3v) is 4.60. The highest BCUT2D eigenvalue weighted by atomic mass is 16.6. The molecule has 0 spiro atoms. The van der Waals surface area contributed by atoms with Crippen molar-refractivity contribution in [2.75, 3.05) is 6.61 Å². The number of hydrogen-bond acceptors (Lipinski definition) is 3. The van der Waals surface area contributed by atoms with Gasteiger partial charge in [-0.25, -0.2) is 4.79 Å². The van der Waals surface area contributed by atoms with Crippen molar-refractivity contribution in [1.29, 1.82) is 0 Å². The molecule has 0 aromatic carbocycles. The average molecular weight is 372 g/mol. The standard InChI is InChI=1S/C22H45NO3/c1-5-6-7-8-9-10-11-12-13-14-15-16-17-18-20(19-24)23-21(25)26-22(2,3)4/h20,24H,5-19H2,1-4H3,(H,23,25)/t20-/m1/s1. The van der Waals surface area contributed by atoms with Crippen molar-refractivity contribution in [3.8, 4) is 0 Å². The summed E-state index contributed by atoms with van der Waals surface area (Å²) in [5.41, 5.74) is -0.500. The van der Waals surface area contributed by atoms with Gasteiger partial charge in [-0.3, -0.25) is 0 Å². The molecule has 1 atom stereocenters. The molecule has 0 rings (SSSR count). The van der Waals surface area contributed by atoms with Crippen LogP contribution in [-0.4, -0.2) is 29.4 Å². The van der Waals surface area contributed by atoms with E-state index >= 15 is 0 Å². The van der Waals surface area contributed by atoms with Crippen LogP contribution in [0.25, 0.3) is 0 Å². The minimum Gasteiger partial charge on any atom is -0.444 e. The quantitative estimate of drug-likeness (QED) is 0.311. The van der Waals surface area contributed by atoms with Crippen LogP contribution in [0.1, 0.15) is 118 Å². The van der Waals surface area contributed by atoms with Gasteiger partial charge in [-0.1, -0.05) is 90.4 Å². The third kappa shape index (κ3) is 18.0. The number of aliphatic hydroxyl groups is 1. The minimum atomic E-state index is -0.500. The fraction of sp³-hybridized carbons (Fsp3) is 0.955. The van der Waals surface area contributed by atoms with Crippen molar-refractivity contribution in [3.63, 3.8) is 0 Å². The summed E-state index contributed by atoms with van der Waals surface area (Å²) < 4.78 is 5.23. The Bertz CT molecular complexity index is 326. The Labute approximate surface area is 162 Å². The van der Waals surface area contributed by atoms with Gasteiger partial charge in [0.25, 0.3) is 0 Å². The van der Waals surface area contributed by atoms with Crippen LogP contribution in [-0.2, 0) is 4.74 Å². The normalized spacial score (nSPS) is 12.8. The maximum absolute atomic E-state index is 11.7. The molecule has 0 aliphatic heterocycles. The number of carbonyl (C=O) groups excluding carboxylic acids is 1. The van der Waals surface area contributed by atoms with Gasteiger partial charge < -0.3 is 15.2 Å². The first-order chi connectivity index (χ1) is 12.4. The molecule has 0 aromatic heterocycles. The Morgan fingerprint density at radius 3 is 1.65 bits per heavy atom. The lowest BCUT2D eigenvalue weighted by molar-refractivity contribution is 0.0478. The van der Waals surface area contributed by atoms with Crippen molar-refractivity contribution >= 4 is 6.09 Å². The number of ether oxygens (including phenoxy) is 1. The van der Waals surface area contributed by atoms with E-state index in [1.54, 1.807) is 0 Å². The summed E-state index contributed by atoms with van der Waals surface area (Å²) in [7, 11) is 0. The molecule has 26 heavy (non-hydrogen) atoms. The zero-order chi connectivity index (χ0) is 19.7. The van der Waals surface area contributed by atoms with E-state index in [1.165, 1.54) is 77.0 Å². The molecule has 0 aromatic rings. The van der Waals surface area contributed by atoms with Crippen LogP contribution in [0.3, 0.4) is 0 Å². The summed E-state index contributed by atoms with van der Waals surface area (Å²) in [6.45, 7) is 7.76. The molecule has 0 unspecified atom stereocenters. The van der Waals surface area contributed by atoms with Crippen LogP contribution >= 0.6 is 0 Å². The summed E-state index contributed by atoms with van der Waals surface area (Å²) in [4.78, 5) is 11.7. The Morgan fingerprint density at radius 2 is 1.27 bits per heavy atom. The van der Waals surface area contributed by atoms with Gasteiger partial charge in [0.15, 0.2) is 0 Å². The highest BCUT2D eigenvalue weighted by Gasteiger charge is 2.18. The Kier molecular flexibility index (Phi) is 15.9. The van der Waals surface area contributed by atoms with E-state index < -0.39 is 11.7 Å². The Morgan fingerprint density at radius 1 is 0.846 bits per heavy atom. The van der Waals surface area contributed by atoms with Crippen LogP contribution in [0.15, 0.2) is 0 Å². The second-order valence-electron chi connectivity index (χ2n) is 8.56. The van der Waals surface area contributed by atoms with Crippen LogP contribution in [0.2, 0.25) is 0 Å². The summed E-state index contributed by atoms with van der Waals surface area (Å²) in [5.74, 6) is 0. The summed E-state index contributed by atoms with van der Waals surface area (Å²) in [6.07, 6.45) is 17.6. The number of unbranched alkanes of at least 4 members (excludes halogenated alkanes) is 12. The molecule has 0 radical (unpaired) electrons. The first kappa shape index (κ1) is 25.2. The Balaban J connectivity index is 3.45. The second-order valence-corrected chi connectivity index (χ2v) is 8.56. The van der Waals surface area contributed by atoms with Gasteiger partial charge >= 0.3 is 6.09 Å². The van der Waals surface area contributed by atoms with Crippen LogP contribution in [0.4, 0.5) is 4.79 Å². The highest BCUT2D eigenvalue weighted by Crippen LogP contribution is 2.13. The van der Waals surface area contributed by atoms with Gasteiger partial charge in [-0.05, 0) is 27.2 Å². The maximum atomic E-state index is 11.7. The smallest absolute Gasteiger partial charge is 0.407 e. The SMILES string of the molecule is CCCCCCCCCCCCCCC[C@H](CO)NC(=O)OC(C)(C)C. The third-order valence-electron chi connectivity index (χ3n) is 4.60. The number of carbonyl (C=O) groups is 1. The van der Waals surface area contributed by atoms with Crippen molar-refractivity contribution < 1.29 is 14.6 Å². The number of hydrogen-bond donors (Lipinski definition) is 2. The lowest BCUT2D eigenvalue weighted by Crippen LogP contribution is -2.41. The fourth-order valence-electron chi connectivity index (χ4n) is 3.09. The van der Waals surface area contributed by atoms with Crippen LogP contribution in [0, 0.1) is 0 Å². The molecule has 0 bridgehead atoms. The number of nitrogens with one attached hydrogen (secondary N) is 1. The molecule has 0 aliphatic rings. The van der Waals surface area contributed by atoms with Gasteiger partial charge in [-0.2, -0.15) is 0 Å². The van der Waals surface area contributed by atoms with E-state index in [2.05, 4.69) is 12.2 Å². The summed E-state index contributed by atoms with van der Waals surface area (Å²) in [6, 6.07) is -0.197. The zero-order valence-electron chi connectivity index (χ0n) is 17.9. The summed E-state index contributed by atoms with van der Waals surface area (Å²) in [5, 5.41) is 12.1. The molecule has 0 saturated heterocycles. The average Bonchev–Trinajstić information content (AvgIpc) is 2.56. The molecule has 4 heteroatoms. The van der Waals surface area contributed by atoms with E-state index in [1.807, 2.05) is 20.8 Å². The predicted molar refractivity (Wildman–Crippen MR) is 111 cm³/mol. The monoisotopic (exact) mass is 371 g/mol. The molecule has 1 amide bonds. The topological polar surface area (TPSA) is 58.6 Å². The van der Waals surface area contributed by atoms with Gasteiger partial charge in [0.1, 0.15) is 5.60 Å². The molecule has 156 valence electrons. The highest BCUT2D eigenvalue weighted by molar-refractivity contribution is 5.68. The largest absolute Gasteiger partial charge is 0.444 e. The fourth-order valence-corrected chi connectivity index (χ4v) is 3.09. The van der Waals surface area contributed by atoms with Crippen molar-refractivity contribution in [3.05, 3.63) is 0 Å². The first-order valence-corrected chi connectivity index (χ1v) is 11.0. The van der Waals surface area contributed by atoms with E-state index in [4.69, 9.17) is 4.74 Å². The molecule has 0 saturated carbocycles. The number of amides is 1. The van der Waals surface area contributed by atoms with E-state index in [0.717, 1.165) is 12.8 Å². The minimum absolute atomic E-state index is 0.0303. The molecule has 2 N–H and O–H groups in total. The number of aliphatic hydroxyl groups excluding tert-OH is 1. The van der Waals surface area contributed by atoms with Gasteiger partial charge in [0.2, 0.25) is 0 Å². The van der Waals surface area contributed by atoms with Gasteiger partial charge in [0, 0.05) is 0 Å². The van der Waals surface area contributed by atoms with E-state index in [9.17, 15) is 9.90 Å². The summed E-state index contributed by atoms with van der Waals surface area (Å²) >= 11 is 0. The number of rotatable bonds is 16. The molecule has 4 nitrogen and oxygen atoms in total. The predicted octanol–water partition coefficient (Wildman–Crippen LogP) is 6.35. The molecular formula is C22H45NO3. The lowest BCUT2D eigenvalue weighted by Gasteiger charge is -2.22. The molecule has 0 fully saturated rings. The Hall–Kier alpha value is -0.770. The van der Waals surface area contributed by atoms with Gasteiger partial charge in [-0.15, -0.1) is 0 Å². The first-order valence-electron chi connectivity index (χ1n) is 11.0. The van der Waals surface area contributed by atoms with Crippen molar-refractivity contribution in [2.24, 2.45) is 0 Å². The van der Waals surface area contributed by atoms with Crippen LogP contribution in [0.5, 0.6) is 0 Å². The van der Waals surface area contributed by atoms with Crippen LogP contribution < -0.4 is 5.32 Å². The second kappa shape index (κ2) is 16.4. The van der Waals surface area contributed by atoms with Crippen molar-refractivity contribution in [2.45, 2.75) is 129 Å². The molecule has 0 aliphatic carbocycles. The van der Waals surface area contributed by atoms with Crippen molar-refractivity contribution in [1.82, 2.24) is 5.32 Å².